The molecular weight excluding hydrogens is 458 g/mol. The van der Waals surface area contributed by atoms with Crippen LogP contribution in [0.1, 0.15) is 42.5 Å². The molecule has 1 aliphatic heterocycles. The largest absolute Gasteiger partial charge is 0.495 e. The highest BCUT2D eigenvalue weighted by atomic mass is 16.7. The van der Waals surface area contributed by atoms with Gasteiger partial charge in [-0.05, 0) is 55.8 Å². The van der Waals surface area contributed by atoms with Crippen LogP contribution in [-0.2, 0) is 0 Å². The van der Waals surface area contributed by atoms with Gasteiger partial charge in [0.25, 0.3) is 11.5 Å². The molecule has 4 aromatic rings. The minimum Gasteiger partial charge on any atom is -0.495 e. The van der Waals surface area contributed by atoms with Crippen molar-refractivity contribution in [3.05, 3.63) is 88.5 Å². The number of carbonyl (C=O) groups is 1. The third-order valence-electron chi connectivity index (χ3n) is 6.41. The fourth-order valence-corrected chi connectivity index (χ4v) is 4.66. The Labute approximate surface area is 208 Å². The fraction of sp³-hybridized carbons (Fsp3) is 0.250. The van der Waals surface area contributed by atoms with Gasteiger partial charge in [-0.25, -0.2) is 4.98 Å². The van der Waals surface area contributed by atoms with Crippen LogP contribution in [0.4, 0.5) is 0 Å². The summed E-state index contributed by atoms with van der Waals surface area (Å²) >= 11 is 0. The van der Waals surface area contributed by atoms with Crippen LogP contribution >= 0.6 is 0 Å². The van der Waals surface area contributed by atoms with E-state index >= 15 is 0 Å². The number of aromatic nitrogens is 2. The van der Waals surface area contributed by atoms with Gasteiger partial charge in [0.15, 0.2) is 11.5 Å². The van der Waals surface area contributed by atoms with Crippen molar-refractivity contribution in [2.75, 3.05) is 20.4 Å². The standard InChI is InChI=1S/C28H27N3O5/c1-4-21(30(5-2)27(32)18-14-15-24-25(16-18)36-17-35-24)26-29-20-11-7-6-10-19(20)28(33)31(26)22-12-8-9-13-23(22)34-3/h6-16,21H,4-5,17H2,1-3H3. The van der Waals surface area contributed by atoms with E-state index in [4.69, 9.17) is 19.2 Å². The normalized spacial score (nSPS) is 13.0. The quantitative estimate of drug-likeness (QED) is 0.376. The highest BCUT2D eigenvalue weighted by molar-refractivity contribution is 5.95. The molecule has 1 aliphatic rings. The first-order chi connectivity index (χ1) is 17.6. The van der Waals surface area contributed by atoms with E-state index in [1.165, 1.54) is 0 Å². The predicted octanol–water partition coefficient (Wildman–Crippen LogP) is 4.74. The minimum atomic E-state index is -0.477. The van der Waals surface area contributed by atoms with Crippen molar-refractivity contribution in [1.29, 1.82) is 0 Å². The molecule has 8 heteroatoms. The number of rotatable bonds is 7. The molecule has 1 aromatic heterocycles. The summed E-state index contributed by atoms with van der Waals surface area (Å²) in [4.78, 5) is 34.3. The van der Waals surface area contributed by atoms with Gasteiger partial charge in [0.05, 0.1) is 29.7 Å². The van der Waals surface area contributed by atoms with Crippen LogP contribution in [0.15, 0.2) is 71.5 Å². The summed E-state index contributed by atoms with van der Waals surface area (Å²) in [6.45, 7) is 4.45. The van der Waals surface area contributed by atoms with E-state index in [0.717, 1.165) is 0 Å². The van der Waals surface area contributed by atoms with Crippen molar-refractivity contribution in [3.63, 3.8) is 0 Å². The van der Waals surface area contributed by atoms with E-state index in [9.17, 15) is 9.59 Å². The lowest BCUT2D eigenvalue weighted by atomic mass is 10.1. The number of hydrogen-bond acceptors (Lipinski definition) is 6. The molecule has 5 rings (SSSR count). The minimum absolute atomic E-state index is 0.133. The van der Waals surface area contributed by atoms with Gasteiger partial charge in [-0.1, -0.05) is 31.2 Å². The van der Waals surface area contributed by atoms with E-state index in [-0.39, 0.29) is 18.3 Å². The first kappa shape index (κ1) is 23.4. The molecule has 0 N–H and O–H groups in total. The van der Waals surface area contributed by atoms with E-state index < -0.39 is 6.04 Å². The topological polar surface area (TPSA) is 82.9 Å². The Morgan fingerprint density at radius 3 is 2.58 bits per heavy atom. The number of para-hydroxylation sites is 3. The van der Waals surface area contributed by atoms with Crippen LogP contribution < -0.4 is 19.8 Å². The molecule has 3 aromatic carbocycles. The lowest BCUT2D eigenvalue weighted by molar-refractivity contribution is 0.0671. The van der Waals surface area contributed by atoms with Gasteiger partial charge < -0.3 is 19.1 Å². The molecule has 1 amide bonds. The third-order valence-corrected chi connectivity index (χ3v) is 6.41. The molecule has 8 nitrogen and oxygen atoms in total. The Bertz CT molecular complexity index is 1500. The first-order valence-electron chi connectivity index (χ1n) is 11.9. The van der Waals surface area contributed by atoms with Crippen LogP contribution in [0.3, 0.4) is 0 Å². The number of ether oxygens (including phenoxy) is 3. The van der Waals surface area contributed by atoms with E-state index in [1.54, 1.807) is 46.9 Å². The van der Waals surface area contributed by atoms with Crippen LogP contribution in [-0.4, -0.2) is 40.8 Å². The molecule has 0 aliphatic carbocycles. The summed E-state index contributed by atoms with van der Waals surface area (Å²) in [7, 11) is 1.57. The Morgan fingerprint density at radius 1 is 1.06 bits per heavy atom. The number of hydrogen-bond donors (Lipinski definition) is 0. The smallest absolute Gasteiger partial charge is 0.266 e. The highest BCUT2D eigenvalue weighted by Gasteiger charge is 2.30. The molecular formula is C28H27N3O5. The van der Waals surface area contributed by atoms with Gasteiger partial charge >= 0.3 is 0 Å². The van der Waals surface area contributed by atoms with E-state index in [2.05, 4.69) is 0 Å². The number of fused-ring (bicyclic) bond motifs is 2. The fourth-order valence-electron chi connectivity index (χ4n) is 4.66. The molecule has 0 saturated carbocycles. The van der Waals surface area contributed by atoms with Crippen LogP contribution in [0.25, 0.3) is 16.6 Å². The zero-order valence-electron chi connectivity index (χ0n) is 20.4. The van der Waals surface area contributed by atoms with Crippen molar-refractivity contribution >= 4 is 16.8 Å². The average molecular weight is 486 g/mol. The van der Waals surface area contributed by atoms with Gasteiger partial charge in [0.1, 0.15) is 11.6 Å². The summed E-state index contributed by atoms with van der Waals surface area (Å²) < 4.78 is 18.0. The zero-order chi connectivity index (χ0) is 25.2. The number of nitrogens with zero attached hydrogens (tertiary/aromatic N) is 3. The van der Waals surface area contributed by atoms with Crippen molar-refractivity contribution in [1.82, 2.24) is 14.5 Å². The summed E-state index contributed by atoms with van der Waals surface area (Å²) in [5.41, 5.74) is 1.41. The predicted molar refractivity (Wildman–Crippen MR) is 136 cm³/mol. The Hall–Kier alpha value is -4.33. The third kappa shape index (κ3) is 3.94. The summed E-state index contributed by atoms with van der Waals surface area (Å²) in [6, 6.07) is 19.2. The average Bonchev–Trinajstić information content (AvgIpc) is 3.39. The molecule has 1 atom stereocenters. The maximum absolute atomic E-state index is 13.9. The first-order valence-corrected chi connectivity index (χ1v) is 11.9. The van der Waals surface area contributed by atoms with E-state index in [0.29, 0.717) is 58.2 Å². The number of methoxy groups -OCH3 is 1. The SMILES string of the molecule is CCC(c1nc2ccccc2c(=O)n1-c1ccccc1OC)N(CC)C(=O)c1ccc2c(c1)OCO2. The maximum atomic E-state index is 13.9. The second kappa shape index (κ2) is 9.73. The molecule has 36 heavy (non-hydrogen) atoms. The van der Waals surface area contributed by atoms with Crippen LogP contribution in [0.2, 0.25) is 0 Å². The van der Waals surface area contributed by atoms with Gasteiger partial charge in [-0.3, -0.25) is 14.2 Å². The van der Waals surface area contributed by atoms with Gasteiger partial charge in [0.2, 0.25) is 6.79 Å². The van der Waals surface area contributed by atoms with Crippen LogP contribution in [0, 0.1) is 0 Å². The second-order valence-corrected chi connectivity index (χ2v) is 8.38. The molecule has 0 saturated heterocycles. The molecule has 0 bridgehead atoms. The van der Waals surface area contributed by atoms with Crippen molar-refractivity contribution in [3.8, 4) is 22.9 Å². The molecule has 0 spiro atoms. The summed E-state index contributed by atoms with van der Waals surface area (Å²) in [5.74, 6) is 1.98. The number of carbonyl (C=O) groups excluding carboxylic acids is 1. The molecule has 184 valence electrons. The maximum Gasteiger partial charge on any atom is 0.266 e. The second-order valence-electron chi connectivity index (χ2n) is 8.38. The monoisotopic (exact) mass is 485 g/mol. The Kier molecular flexibility index (Phi) is 6.33. The van der Waals surface area contributed by atoms with Crippen molar-refractivity contribution < 1.29 is 19.0 Å². The van der Waals surface area contributed by atoms with Crippen molar-refractivity contribution in [2.24, 2.45) is 0 Å². The molecule has 1 unspecified atom stereocenters. The lowest BCUT2D eigenvalue weighted by Gasteiger charge is -2.31. The molecule has 0 radical (unpaired) electrons. The lowest BCUT2D eigenvalue weighted by Crippen LogP contribution is -2.38. The van der Waals surface area contributed by atoms with Gasteiger partial charge in [-0.15, -0.1) is 0 Å². The summed E-state index contributed by atoms with van der Waals surface area (Å²) in [5, 5.41) is 0.493. The molecule has 0 fully saturated rings. The Morgan fingerprint density at radius 2 is 1.81 bits per heavy atom. The summed E-state index contributed by atoms with van der Waals surface area (Å²) in [6.07, 6.45) is 0.546. The van der Waals surface area contributed by atoms with Gasteiger partial charge in [0, 0.05) is 12.1 Å². The van der Waals surface area contributed by atoms with Crippen molar-refractivity contribution in [2.45, 2.75) is 26.3 Å². The zero-order valence-corrected chi connectivity index (χ0v) is 20.4. The Balaban J connectivity index is 1.69. The molecule has 2 heterocycles. The number of benzene rings is 3. The highest BCUT2D eigenvalue weighted by Crippen LogP contribution is 2.34. The number of amides is 1. The van der Waals surface area contributed by atoms with E-state index in [1.807, 2.05) is 50.2 Å². The van der Waals surface area contributed by atoms with Gasteiger partial charge in [-0.2, -0.15) is 0 Å². The van der Waals surface area contributed by atoms with Crippen LogP contribution in [0.5, 0.6) is 17.2 Å².